The lowest BCUT2D eigenvalue weighted by molar-refractivity contribution is -0.161. The van der Waals surface area contributed by atoms with Gasteiger partial charge < -0.3 is 32.5 Å². The first kappa shape index (κ1) is 74.6. The molecule has 0 aromatic carbocycles. The lowest BCUT2D eigenvalue weighted by atomic mass is 9.71. The van der Waals surface area contributed by atoms with Gasteiger partial charge in [-0.2, -0.15) is 0 Å². The van der Waals surface area contributed by atoms with Crippen molar-refractivity contribution in [3.8, 4) is 0 Å². The highest BCUT2D eigenvalue weighted by molar-refractivity contribution is 8.76. The van der Waals surface area contributed by atoms with E-state index in [1.165, 1.54) is 45.1 Å². The number of imide groups is 2. The zero-order valence-corrected chi connectivity index (χ0v) is 57.1. The average Bonchev–Trinajstić information content (AvgIpc) is 3.76. The Morgan fingerprint density at radius 3 is 1.31 bits per heavy atom. The van der Waals surface area contributed by atoms with Crippen LogP contribution in [-0.4, -0.2) is 171 Å². The topological polar surface area (TPSA) is 208 Å². The number of unbranched alkanes of at least 4 members (excludes halogenated alkanes) is 2. The summed E-state index contributed by atoms with van der Waals surface area (Å²) in [5.74, 6) is -6.90. The fraction of sp³-hybridized carbons (Fsp3) is 0.815. The first-order valence-electron chi connectivity index (χ1n) is 27.9. The molecule has 0 radical (unpaired) electrons. The van der Waals surface area contributed by atoms with E-state index in [4.69, 9.17) is 57.0 Å². The van der Waals surface area contributed by atoms with Crippen LogP contribution in [-0.2, 0) is 70.9 Å². The van der Waals surface area contributed by atoms with Crippen LogP contribution in [0.25, 0.3) is 0 Å². The highest BCUT2D eigenvalue weighted by atomic mass is 33.1. The molecule has 80 heavy (non-hydrogen) atoms. The van der Waals surface area contributed by atoms with Crippen LogP contribution in [0.1, 0.15) is 134 Å². The van der Waals surface area contributed by atoms with Gasteiger partial charge in [0.2, 0.25) is 23.6 Å². The summed E-state index contributed by atoms with van der Waals surface area (Å²) in [4.78, 5) is 115. The van der Waals surface area contributed by atoms with Gasteiger partial charge in [0.05, 0.1) is 80.1 Å². The predicted molar refractivity (Wildman–Crippen MR) is 337 cm³/mol. The number of carbonyl (C=O) groups excluding carboxylic acids is 8. The molecule has 0 aromatic rings. The molecule has 0 saturated carbocycles. The smallest absolute Gasteiger partial charge is 0.331 e. The molecule has 6 atom stereocenters. The molecule has 0 aromatic heterocycles. The predicted octanol–water partition coefficient (Wildman–Crippen LogP) is 10.8. The number of thioether (sulfide) groups is 4. The van der Waals surface area contributed by atoms with E-state index < -0.39 is 101 Å². The number of ether oxygens (including phenoxy) is 5. The normalized spacial score (nSPS) is 18.8. The lowest BCUT2D eigenvalue weighted by Crippen LogP contribution is -2.44. The third-order valence-electron chi connectivity index (χ3n) is 12.8. The summed E-state index contributed by atoms with van der Waals surface area (Å²) < 4.78 is 41.5. The van der Waals surface area contributed by atoms with E-state index in [0.29, 0.717) is 31.4 Å². The monoisotopic (exact) mass is 1290 g/mol. The number of thiocarbonyl (C=S) groups is 2. The Morgan fingerprint density at radius 1 is 0.550 bits per heavy atom. The second kappa shape index (κ2) is 37.9. The van der Waals surface area contributed by atoms with Crippen LogP contribution in [0.15, 0.2) is 0 Å². The highest BCUT2D eigenvalue weighted by Crippen LogP contribution is 2.46. The van der Waals surface area contributed by atoms with Gasteiger partial charge in [-0.05, 0) is 119 Å². The Labute approximate surface area is 513 Å². The summed E-state index contributed by atoms with van der Waals surface area (Å²) in [6.45, 7) is 25.7. The number of likely N-dealkylation sites (tertiary alicyclic amines) is 2. The maximum Gasteiger partial charge on any atom is 0.331 e. The first-order chi connectivity index (χ1) is 37.6. The molecule has 4 amide bonds. The fourth-order valence-electron chi connectivity index (χ4n) is 8.90. The van der Waals surface area contributed by atoms with E-state index in [9.17, 15) is 38.4 Å². The second-order valence-electron chi connectivity index (χ2n) is 21.4. The summed E-state index contributed by atoms with van der Waals surface area (Å²) >= 11 is 16.5. The number of rotatable bonds is 39. The summed E-state index contributed by atoms with van der Waals surface area (Å²) in [6, 6.07) is 0. The molecule has 17 nitrogen and oxygen atoms in total. The standard InChI is InChI=1S/C54H90N2O15S8Si/c1-15-19-29-74-51(72)78-39(47(61)66-23-17-3)33-37-41(45(59)55(43(37)57)21-25-65-35(5)6)53(9,10)49(63)68-27-31-76-77-32-28-69-50(64)54(11,12)42-38(34-40(48(62)67-24-18-4)79-52(73)75-30-20-16-2)44(58)56(46(42)60)22-26-70-80(13,14)71-36(7)8/h35-42H,15-34H2,1-14H3. The molecule has 2 fully saturated rings. The molecule has 2 aliphatic rings. The Kier molecular flexibility index (Phi) is 35.3. The van der Waals surface area contributed by atoms with Gasteiger partial charge in [-0.1, -0.05) is 110 Å². The number of carbonyl (C=O) groups is 8. The van der Waals surface area contributed by atoms with E-state index in [0.717, 1.165) is 70.5 Å². The van der Waals surface area contributed by atoms with E-state index in [2.05, 4.69) is 13.8 Å². The maximum absolute atomic E-state index is 14.4. The largest absolute Gasteiger partial charge is 0.465 e. The number of hydrogen-bond donors (Lipinski definition) is 0. The van der Waals surface area contributed by atoms with Crippen molar-refractivity contribution in [3.63, 3.8) is 0 Å². The quantitative estimate of drug-likeness (QED) is 0.0107. The van der Waals surface area contributed by atoms with Gasteiger partial charge in [-0.25, -0.2) is 0 Å². The zero-order valence-electron chi connectivity index (χ0n) is 49.5. The minimum Gasteiger partial charge on any atom is -0.465 e. The summed E-state index contributed by atoms with van der Waals surface area (Å²) in [7, 11) is 0.110. The molecule has 458 valence electrons. The summed E-state index contributed by atoms with van der Waals surface area (Å²) in [5.41, 5.74) is -3.00. The molecular formula is C54H90N2O15S8Si. The van der Waals surface area contributed by atoms with Crippen LogP contribution in [0.4, 0.5) is 0 Å². The Morgan fingerprint density at radius 2 is 0.950 bits per heavy atom. The van der Waals surface area contributed by atoms with Gasteiger partial charge in [0.15, 0.2) is 0 Å². The van der Waals surface area contributed by atoms with Crippen LogP contribution in [0, 0.1) is 34.5 Å². The van der Waals surface area contributed by atoms with E-state index >= 15 is 0 Å². The third-order valence-corrected chi connectivity index (χ3v) is 22.9. The van der Waals surface area contributed by atoms with E-state index in [1.807, 2.05) is 54.6 Å². The van der Waals surface area contributed by atoms with Crippen LogP contribution >= 0.6 is 93.1 Å². The molecule has 0 aliphatic carbocycles. The molecule has 6 unspecified atom stereocenters. The summed E-state index contributed by atoms with van der Waals surface area (Å²) in [6.07, 6.45) is 4.57. The van der Waals surface area contributed by atoms with E-state index in [1.54, 1.807) is 27.7 Å². The van der Waals surface area contributed by atoms with Gasteiger partial charge >= 0.3 is 32.4 Å². The molecular weight excluding hydrogens is 1200 g/mol. The van der Waals surface area contributed by atoms with Crippen LogP contribution in [0.3, 0.4) is 0 Å². The number of hydrogen-bond acceptors (Lipinski definition) is 23. The van der Waals surface area contributed by atoms with Crippen molar-refractivity contribution >= 4 is 156 Å². The first-order valence-corrected chi connectivity index (χ1v) is 37.7. The van der Waals surface area contributed by atoms with Gasteiger partial charge in [-0.15, -0.1) is 23.5 Å². The third kappa shape index (κ3) is 24.5. The molecule has 0 N–H and O–H groups in total. The zero-order chi connectivity index (χ0) is 60.4. The highest BCUT2D eigenvalue weighted by Gasteiger charge is 2.59. The van der Waals surface area contributed by atoms with Crippen molar-refractivity contribution in [2.75, 3.05) is 75.7 Å². The Balaban J connectivity index is 2.21. The molecule has 2 saturated heterocycles. The molecule has 2 aliphatic heterocycles. The number of esters is 4. The average molecular weight is 1290 g/mol. The van der Waals surface area contributed by atoms with Gasteiger partial charge in [0.25, 0.3) is 0 Å². The molecule has 2 rings (SSSR count). The van der Waals surface area contributed by atoms with Gasteiger partial charge in [-0.3, -0.25) is 48.2 Å². The van der Waals surface area contributed by atoms with Crippen molar-refractivity contribution in [2.45, 2.75) is 170 Å². The van der Waals surface area contributed by atoms with Crippen molar-refractivity contribution in [1.82, 2.24) is 9.80 Å². The number of amides is 4. The van der Waals surface area contributed by atoms with Crippen molar-refractivity contribution in [1.29, 1.82) is 0 Å². The number of nitrogens with zero attached hydrogens (tertiary/aromatic N) is 2. The maximum atomic E-state index is 14.4. The molecule has 0 bridgehead atoms. The Bertz CT molecular complexity index is 2070. The van der Waals surface area contributed by atoms with Gasteiger partial charge in [0.1, 0.15) is 30.8 Å². The SMILES string of the molecule is CCCCSC(=S)SC(CC1C(=O)N(CCOC(C)C)C(=O)C1C(C)(C)C(=O)OCCSSCCOC(=O)C(C)(C)C1C(=O)N(CCO[Si](C)(C)OC(C)C)C(=O)C1CC(SC(=S)SCCCC)C(=O)OCCC)C(=O)OCCC. The minimum atomic E-state index is -2.61. The molecule has 2 heterocycles. The minimum absolute atomic E-state index is 0.0224. The van der Waals surface area contributed by atoms with Crippen LogP contribution in [0.5, 0.6) is 0 Å². The van der Waals surface area contributed by atoms with Crippen LogP contribution in [0.2, 0.25) is 13.1 Å². The lowest BCUT2D eigenvalue weighted by Gasteiger charge is -2.31. The van der Waals surface area contributed by atoms with Gasteiger partial charge in [0, 0.05) is 17.6 Å². The molecule has 0 spiro atoms. The van der Waals surface area contributed by atoms with Crippen molar-refractivity contribution < 1.29 is 70.9 Å². The van der Waals surface area contributed by atoms with Crippen molar-refractivity contribution in [2.24, 2.45) is 34.5 Å². The summed E-state index contributed by atoms with van der Waals surface area (Å²) in [5, 5.41) is -1.81. The van der Waals surface area contributed by atoms with Crippen LogP contribution < -0.4 is 0 Å². The fourth-order valence-corrected chi connectivity index (χ4v) is 17.9. The van der Waals surface area contributed by atoms with Crippen molar-refractivity contribution in [3.05, 3.63) is 0 Å². The van der Waals surface area contributed by atoms with E-state index in [-0.39, 0.29) is 77.8 Å². The molecule has 26 heteroatoms. The Hall–Kier alpha value is -1.46. The second-order valence-corrected chi connectivity index (χ2v) is 34.5.